The topological polar surface area (TPSA) is 24.5 Å². The first-order valence-corrected chi connectivity index (χ1v) is 7.75. The van der Waals surface area contributed by atoms with Gasteiger partial charge in [-0.3, -0.25) is 0 Å². The molecule has 2 aliphatic rings. The molecule has 3 nitrogen and oxygen atoms in total. The van der Waals surface area contributed by atoms with Crippen molar-refractivity contribution in [3.05, 3.63) is 0 Å². The molecule has 0 aromatic carbocycles. The molecular formula is C15H30N2O. The maximum Gasteiger partial charge on any atom is 0.0521 e. The minimum absolute atomic E-state index is 0.662. The normalized spacial score (nSPS) is 38.8. The van der Waals surface area contributed by atoms with Gasteiger partial charge in [0.05, 0.1) is 6.61 Å². The van der Waals surface area contributed by atoms with Crippen molar-refractivity contribution in [2.45, 2.75) is 52.1 Å². The second-order valence-corrected chi connectivity index (χ2v) is 6.26. The van der Waals surface area contributed by atoms with Gasteiger partial charge in [-0.25, -0.2) is 0 Å². The Morgan fingerprint density at radius 1 is 1.28 bits per heavy atom. The third kappa shape index (κ3) is 3.69. The highest BCUT2D eigenvalue weighted by molar-refractivity contribution is 4.85. The van der Waals surface area contributed by atoms with Crippen molar-refractivity contribution in [2.75, 3.05) is 32.8 Å². The van der Waals surface area contributed by atoms with Crippen LogP contribution in [0, 0.1) is 11.8 Å². The number of nitrogens with one attached hydrogen (secondary N) is 1. The number of hydrogen-bond acceptors (Lipinski definition) is 3. The summed E-state index contributed by atoms with van der Waals surface area (Å²) in [5.74, 6) is 1.58. The van der Waals surface area contributed by atoms with E-state index in [4.69, 9.17) is 4.74 Å². The third-order valence-corrected chi connectivity index (χ3v) is 4.69. The van der Waals surface area contributed by atoms with E-state index in [1.165, 1.54) is 32.4 Å². The average Bonchev–Trinajstić information content (AvgIpc) is 2.35. The Hall–Kier alpha value is -0.120. The highest BCUT2D eigenvalue weighted by Gasteiger charge is 2.30. The molecule has 18 heavy (non-hydrogen) atoms. The smallest absolute Gasteiger partial charge is 0.0521 e. The number of rotatable bonds is 4. The molecule has 4 unspecified atom stereocenters. The van der Waals surface area contributed by atoms with E-state index in [1.54, 1.807) is 0 Å². The maximum atomic E-state index is 5.69. The number of hydrogen-bond donors (Lipinski definition) is 1. The molecule has 0 radical (unpaired) electrons. The lowest BCUT2D eigenvalue weighted by Gasteiger charge is -2.41. The minimum atomic E-state index is 0.662. The highest BCUT2D eigenvalue weighted by atomic mass is 16.5. The van der Waals surface area contributed by atoms with Gasteiger partial charge in [0.25, 0.3) is 0 Å². The number of ether oxygens (including phenoxy) is 1. The van der Waals surface area contributed by atoms with E-state index in [9.17, 15) is 0 Å². The molecule has 0 bridgehead atoms. The zero-order valence-electron chi connectivity index (χ0n) is 12.3. The standard InChI is InChI=1S/C15H30N2O/c1-4-16-15-6-8-18-11-14(15)10-17-7-5-12(2)9-13(17)3/h12-16H,4-11H2,1-3H3. The van der Waals surface area contributed by atoms with Crippen LogP contribution >= 0.6 is 0 Å². The van der Waals surface area contributed by atoms with E-state index in [-0.39, 0.29) is 0 Å². The molecule has 4 atom stereocenters. The van der Waals surface area contributed by atoms with Crippen molar-refractivity contribution in [3.8, 4) is 0 Å². The van der Waals surface area contributed by atoms with Gasteiger partial charge in [-0.1, -0.05) is 13.8 Å². The Bertz CT molecular complexity index is 245. The van der Waals surface area contributed by atoms with Crippen LogP contribution in [0.4, 0.5) is 0 Å². The molecule has 106 valence electrons. The number of likely N-dealkylation sites (tertiary alicyclic amines) is 1. The van der Waals surface area contributed by atoms with Gasteiger partial charge in [0.2, 0.25) is 0 Å². The fourth-order valence-electron chi connectivity index (χ4n) is 3.54. The zero-order valence-corrected chi connectivity index (χ0v) is 12.3. The highest BCUT2D eigenvalue weighted by Crippen LogP contribution is 2.25. The van der Waals surface area contributed by atoms with Crippen LogP contribution < -0.4 is 5.32 Å². The zero-order chi connectivity index (χ0) is 13.0. The fraction of sp³-hybridized carbons (Fsp3) is 1.00. The Labute approximate surface area is 112 Å². The second kappa shape index (κ2) is 6.88. The molecule has 1 N–H and O–H groups in total. The molecule has 0 amide bonds. The van der Waals surface area contributed by atoms with Crippen LogP contribution in [-0.2, 0) is 4.74 Å². The summed E-state index contributed by atoms with van der Waals surface area (Å²) in [6.45, 7) is 12.4. The second-order valence-electron chi connectivity index (χ2n) is 6.26. The summed E-state index contributed by atoms with van der Waals surface area (Å²) in [4.78, 5) is 2.68. The van der Waals surface area contributed by atoms with Crippen LogP contribution in [0.1, 0.15) is 40.0 Å². The van der Waals surface area contributed by atoms with Crippen molar-refractivity contribution in [2.24, 2.45) is 11.8 Å². The Morgan fingerprint density at radius 2 is 2.11 bits per heavy atom. The third-order valence-electron chi connectivity index (χ3n) is 4.69. The van der Waals surface area contributed by atoms with Crippen molar-refractivity contribution in [1.82, 2.24) is 10.2 Å². The molecule has 0 saturated carbocycles. The predicted molar refractivity (Wildman–Crippen MR) is 75.8 cm³/mol. The van der Waals surface area contributed by atoms with E-state index in [1.807, 2.05) is 0 Å². The molecule has 3 heteroatoms. The SMILES string of the molecule is CCNC1CCOCC1CN1CCC(C)CC1C. The quantitative estimate of drug-likeness (QED) is 0.832. The Balaban J connectivity index is 1.86. The number of nitrogens with zero attached hydrogens (tertiary/aromatic N) is 1. The summed E-state index contributed by atoms with van der Waals surface area (Å²) in [6.07, 6.45) is 3.90. The van der Waals surface area contributed by atoms with Crippen LogP contribution in [0.2, 0.25) is 0 Å². The molecule has 0 aliphatic carbocycles. The van der Waals surface area contributed by atoms with E-state index < -0.39 is 0 Å². The lowest BCUT2D eigenvalue weighted by Crippen LogP contribution is -2.51. The summed E-state index contributed by atoms with van der Waals surface area (Å²) in [5, 5.41) is 3.64. The Kier molecular flexibility index (Phi) is 5.46. The van der Waals surface area contributed by atoms with Gasteiger partial charge >= 0.3 is 0 Å². The van der Waals surface area contributed by atoms with E-state index in [0.29, 0.717) is 12.0 Å². The van der Waals surface area contributed by atoms with Gasteiger partial charge in [-0.05, 0) is 45.2 Å². The fourth-order valence-corrected chi connectivity index (χ4v) is 3.54. The monoisotopic (exact) mass is 254 g/mol. The molecule has 0 aromatic heterocycles. The molecular weight excluding hydrogens is 224 g/mol. The largest absolute Gasteiger partial charge is 0.381 e. The summed E-state index contributed by atoms with van der Waals surface area (Å²) in [7, 11) is 0. The van der Waals surface area contributed by atoms with Gasteiger partial charge in [-0.2, -0.15) is 0 Å². The summed E-state index contributed by atoms with van der Waals surface area (Å²) >= 11 is 0. The molecule has 2 saturated heterocycles. The van der Waals surface area contributed by atoms with Crippen LogP contribution in [0.5, 0.6) is 0 Å². The van der Waals surface area contributed by atoms with Crippen molar-refractivity contribution in [1.29, 1.82) is 0 Å². The lowest BCUT2D eigenvalue weighted by molar-refractivity contribution is 0.00338. The first kappa shape index (κ1) is 14.3. The van der Waals surface area contributed by atoms with Gasteiger partial charge in [0.15, 0.2) is 0 Å². The molecule has 2 heterocycles. The van der Waals surface area contributed by atoms with Gasteiger partial charge in [-0.15, -0.1) is 0 Å². The first-order chi connectivity index (χ1) is 8.70. The van der Waals surface area contributed by atoms with Crippen LogP contribution in [0.25, 0.3) is 0 Å². The summed E-state index contributed by atoms with van der Waals surface area (Å²) < 4.78 is 5.69. The average molecular weight is 254 g/mol. The van der Waals surface area contributed by atoms with E-state index in [2.05, 4.69) is 31.0 Å². The van der Waals surface area contributed by atoms with Gasteiger partial charge in [0.1, 0.15) is 0 Å². The van der Waals surface area contributed by atoms with Gasteiger partial charge in [0, 0.05) is 31.2 Å². The molecule has 0 aromatic rings. The van der Waals surface area contributed by atoms with Crippen molar-refractivity contribution in [3.63, 3.8) is 0 Å². The molecule has 0 spiro atoms. The summed E-state index contributed by atoms with van der Waals surface area (Å²) in [5.41, 5.74) is 0. The van der Waals surface area contributed by atoms with Crippen LogP contribution in [-0.4, -0.2) is 49.8 Å². The lowest BCUT2D eigenvalue weighted by atomic mass is 9.90. The molecule has 2 fully saturated rings. The van der Waals surface area contributed by atoms with Crippen LogP contribution in [0.3, 0.4) is 0 Å². The predicted octanol–water partition coefficient (Wildman–Crippen LogP) is 2.12. The number of piperidine rings is 1. The molecule has 2 aliphatic heterocycles. The summed E-state index contributed by atoms with van der Waals surface area (Å²) in [6, 6.07) is 1.41. The molecule has 2 rings (SSSR count). The van der Waals surface area contributed by atoms with Crippen molar-refractivity contribution >= 4 is 0 Å². The van der Waals surface area contributed by atoms with E-state index >= 15 is 0 Å². The van der Waals surface area contributed by atoms with Crippen molar-refractivity contribution < 1.29 is 4.74 Å². The minimum Gasteiger partial charge on any atom is -0.381 e. The van der Waals surface area contributed by atoms with Gasteiger partial charge < -0.3 is 15.0 Å². The first-order valence-electron chi connectivity index (χ1n) is 7.75. The Morgan fingerprint density at radius 3 is 2.83 bits per heavy atom. The van der Waals surface area contributed by atoms with E-state index in [0.717, 1.165) is 31.7 Å². The maximum absolute atomic E-state index is 5.69. The van der Waals surface area contributed by atoms with Crippen LogP contribution in [0.15, 0.2) is 0 Å².